The van der Waals surface area contributed by atoms with Crippen LogP contribution in [-0.2, 0) is 0 Å². The van der Waals surface area contributed by atoms with Gasteiger partial charge in [-0.1, -0.05) is 51.1 Å². The summed E-state index contributed by atoms with van der Waals surface area (Å²) >= 11 is 0. The lowest BCUT2D eigenvalue weighted by Crippen LogP contribution is -2.48. The number of nitrogens with one attached hydrogen (secondary N) is 1. The fraction of sp³-hybridized carbons (Fsp3) is 0.600. The molecule has 0 radical (unpaired) electrons. The Bertz CT molecular complexity index is 334. The third kappa shape index (κ3) is 3.08. The maximum atomic E-state index is 3.43. The Balaban J connectivity index is 2.25. The highest BCUT2D eigenvalue weighted by Crippen LogP contribution is 2.37. The van der Waals surface area contributed by atoms with Crippen molar-refractivity contribution in [2.75, 3.05) is 26.2 Å². The Morgan fingerprint density at radius 3 is 2.18 bits per heavy atom. The van der Waals surface area contributed by atoms with E-state index in [2.05, 4.69) is 61.3 Å². The van der Waals surface area contributed by atoms with Crippen molar-refractivity contribution in [3.05, 3.63) is 35.9 Å². The van der Waals surface area contributed by atoms with Crippen molar-refractivity contribution < 1.29 is 0 Å². The predicted octanol–water partition coefficient (Wildman–Crippen LogP) is 2.68. The van der Waals surface area contributed by atoms with E-state index in [9.17, 15) is 0 Å². The molecule has 0 saturated carbocycles. The second-order valence-electron chi connectivity index (χ2n) is 5.97. The van der Waals surface area contributed by atoms with Gasteiger partial charge in [0.1, 0.15) is 0 Å². The Hall–Kier alpha value is -0.860. The van der Waals surface area contributed by atoms with Gasteiger partial charge in [-0.3, -0.25) is 4.90 Å². The van der Waals surface area contributed by atoms with Crippen LogP contribution in [0.4, 0.5) is 0 Å². The zero-order chi connectivity index (χ0) is 12.3. The molecule has 1 atom stereocenters. The van der Waals surface area contributed by atoms with Gasteiger partial charge in [0.05, 0.1) is 0 Å². The lowest BCUT2D eigenvalue weighted by molar-refractivity contribution is 0.0862. The first-order valence-electron chi connectivity index (χ1n) is 6.59. The van der Waals surface area contributed by atoms with Crippen molar-refractivity contribution in [2.24, 2.45) is 5.41 Å². The normalized spacial score (nSPS) is 20.2. The minimum absolute atomic E-state index is 0.276. The zero-order valence-corrected chi connectivity index (χ0v) is 11.2. The molecule has 17 heavy (non-hydrogen) atoms. The van der Waals surface area contributed by atoms with E-state index in [-0.39, 0.29) is 5.41 Å². The molecule has 94 valence electrons. The van der Waals surface area contributed by atoms with Crippen molar-refractivity contribution >= 4 is 0 Å². The molecule has 1 aromatic carbocycles. The molecule has 0 unspecified atom stereocenters. The van der Waals surface area contributed by atoms with Crippen molar-refractivity contribution in [1.29, 1.82) is 0 Å². The molecule has 1 aromatic rings. The van der Waals surface area contributed by atoms with Gasteiger partial charge in [0, 0.05) is 32.2 Å². The topological polar surface area (TPSA) is 15.3 Å². The number of rotatable bonds is 2. The average molecular weight is 232 g/mol. The fourth-order valence-electron chi connectivity index (χ4n) is 2.83. The summed E-state index contributed by atoms with van der Waals surface area (Å²) in [5, 5.41) is 3.43. The molecule has 2 nitrogen and oxygen atoms in total. The average Bonchev–Trinajstić information content (AvgIpc) is 2.30. The summed E-state index contributed by atoms with van der Waals surface area (Å²) in [6, 6.07) is 11.4. The Kier molecular flexibility index (Phi) is 3.85. The Morgan fingerprint density at radius 2 is 1.65 bits per heavy atom. The molecule has 1 saturated heterocycles. The third-order valence-corrected chi connectivity index (χ3v) is 3.45. The van der Waals surface area contributed by atoms with Crippen molar-refractivity contribution in [2.45, 2.75) is 26.8 Å². The minimum Gasteiger partial charge on any atom is -0.314 e. The van der Waals surface area contributed by atoms with Gasteiger partial charge in [-0.25, -0.2) is 0 Å². The Labute approximate surface area is 105 Å². The van der Waals surface area contributed by atoms with Crippen LogP contribution in [0.1, 0.15) is 32.4 Å². The molecular formula is C15H24N2. The summed E-state index contributed by atoms with van der Waals surface area (Å²) in [6.45, 7) is 11.5. The number of piperazine rings is 1. The third-order valence-electron chi connectivity index (χ3n) is 3.45. The molecule has 1 heterocycles. The highest BCUT2D eigenvalue weighted by Gasteiger charge is 2.32. The summed E-state index contributed by atoms with van der Waals surface area (Å²) in [5.41, 5.74) is 1.72. The molecule has 1 N–H and O–H groups in total. The number of hydrogen-bond donors (Lipinski definition) is 1. The van der Waals surface area contributed by atoms with E-state index < -0.39 is 0 Å². The molecule has 1 aliphatic rings. The quantitative estimate of drug-likeness (QED) is 0.843. The number of nitrogens with zero attached hydrogens (tertiary/aromatic N) is 1. The summed E-state index contributed by atoms with van der Waals surface area (Å²) in [7, 11) is 0. The standard InChI is InChI=1S/C15H24N2/c1-15(2,3)14(13-7-5-4-6-8-13)17-11-9-16-10-12-17/h4-8,14,16H,9-12H2,1-3H3/t14-/m0/s1. The fourth-order valence-corrected chi connectivity index (χ4v) is 2.83. The minimum atomic E-state index is 0.276. The molecular weight excluding hydrogens is 208 g/mol. The lowest BCUT2D eigenvalue weighted by Gasteiger charge is -2.42. The van der Waals surface area contributed by atoms with Crippen LogP contribution in [-0.4, -0.2) is 31.1 Å². The zero-order valence-electron chi connectivity index (χ0n) is 11.2. The van der Waals surface area contributed by atoms with Gasteiger partial charge in [0.2, 0.25) is 0 Å². The highest BCUT2D eigenvalue weighted by molar-refractivity contribution is 5.21. The molecule has 1 fully saturated rings. The summed E-state index contributed by atoms with van der Waals surface area (Å²) in [4.78, 5) is 2.62. The first kappa shape index (κ1) is 12.6. The molecule has 2 heteroatoms. The van der Waals surface area contributed by atoms with E-state index in [4.69, 9.17) is 0 Å². The molecule has 1 aliphatic heterocycles. The first-order valence-corrected chi connectivity index (χ1v) is 6.59. The molecule has 0 aliphatic carbocycles. The lowest BCUT2D eigenvalue weighted by atomic mass is 9.81. The summed E-state index contributed by atoms with van der Waals surface area (Å²) in [5.74, 6) is 0. The van der Waals surface area contributed by atoms with E-state index in [0.717, 1.165) is 26.2 Å². The maximum Gasteiger partial charge on any atom is 0.0397 e. The van der Waals surface area contributed by atoms with Crippen LogP contribution in [0.3, 0.4) is 0 Å². The van der Waals surface area contributed by atoms with Gasteiger partial charge >= 0.3 is 0 Å². The van der Waals surface area contributed by atoms with E-state index in [1.165, 1.54) is 5.56 Å². The van der Waals surface area contributed by atoms with E-state index in [1.807, 2.05) is 0 Å². The molecule has 0 spiro atoms. The SMILES string of the molecule is CC(C)(C)[C@H](c1ccccc1)N1CCNCC1. The van der Waals surface area contributed by atoms with E-state index in [0.29, 0.717) is 6.04 Å². The Morgan fingerprint density at radius 1 is 1.06 bits per heavy atom. The van der Waals surface area contributed by atoms with Gasteiger partial charge in [0.15, 0.2) is 0 Å². The van der Waals surface area contributed by atoms with E-state index in [1.54, 1.807) is 0 Å². The van der Waals surface area contributed by atoms with Crippen molar-refractivity contribution in [3.63, 3.8) is 0 Å². The van der Waals surface area contributed by atoms with Crippen LogP contribution in [0.15, 0.2) is 30.3 Å². The monoisotopic (exact) mass is 232 g/mol. The molecule has 0 amide bonds. The second-order valence-corrected chi connectivity index (χ2v) is 5.97. The smallest absolute Gasteiger partial charge is 0.0397 e. The molecule has 0 aromatic heterocycles. The van der Waals surface area contributed by atoms with Crippen LogP contribution < -0.4 is 5.32 Å². The van der Waals surface area contributed by atoms with Gasteiger partial charge in [-0.2, -0.15) is 0 Å². The van der Waals surface area contributed by atoms with Crippen LogP contribution in [0.25, 0.3) is 0 Å². The summed E-state index contributed by atoms with van der Waals surface area (Å²) in [6.07, 6.45) is 0. The first-order chi connectivity index (χ1) is 8.09. The van der Waals surface area contributed by atoms with Gasteiger partial charge < -0.3 is 5.32 Å². The highest BCUT2D eigenvalue weighted by atomic mass is 15.2. The largest absolute Gasteiger partial charge is 0.314 e. The van der Waals surface area contributed by atoms with Gasteiger partial charge in [0.25, 0.3) is 0 Å². The molecule has 0 bridgehead atoms. The van der Waals surface area contributed by atoms with Crippen LogP contribution >= 0.6 is 0 Å². The van der Waals surface area contributed by atoms with Gasteiger partial charge in [-0.15, -0.1) is 0 Å². The predicted molar refractivity (Wildman–Crippen MR) is 73.1 cm³/mol. The summed E-state index contributed by atoms with van der Waals surface area (Å²) < 4.78 is 0. The van der Waals surface area contributed by atoms with E-state index >= 15 is 0 Å². The van der Waals surface area contributed by atoms with Crippen LogP contribution in [0.2, 0.25) is 0 Å². The van der Waals surface area contributed by atoms with Gasteiger partial charge in [-0.05, 0) is 11.0 Å². The van der Waals surface area contributed by atoms with Crippen molar-refractivity contribution in [1.82, 2.24) is 10.2 Å². The number of hydrogen-bond acceptors (Lipinski definition) is 2. The molecule has 2 rings (SSSR count). The van der Waals surface area contributed by atoms with Crippen LogP contribution in [0.5, 0.6) is 0 Å². The van der Waals surface area contributed by atoms with Crippen molar-refractivity contribution in [3.8, 4) is 0 Å². The van der Waals surface area contributed by atoms with Crippen LogP contribution in [0, 0.1) is 5.41 Å². The maximum absolute atomic E-state index is 3.43. The second kappa shape index (κ2) is 5.19. The number of benzene rings is 1.